The van der Waals surface area contributed by atoms with Crippen LogP contribution in [0.3, 0.4) is 0 Å². The molecule has 0 N–H and O–H groups in total. The van der Waals surface area contributed by atoms with Crippen LogP contribution >= 0.6 is 11.8 Å². The third-order valence-corrected chi connectivity index (χ3v) is 3.62. The summed E-state index contributed by atoms with van der Waals surface area (Å²) in [5.41, 5.74) is 0.664. The molecule has 2 aromatic carbocycles. The molecule has 0 fully saturated rings. The maximum absolute atomic E-state index is 13.1. The van der Waals surface area contributed by atoms with Gasteiger partial charge in [-0.1, -0.05) is 30.8 Å². The Balaban J connectivity index is 2.15. The minimum Gasteiger partial charge on any atom is -0.294 e. The first-order valence-electron chi connectivity index (χ1n) is 5.86. The zero-order valence-corrected chi connectivity index (χ0v) is 11.1. The maximum Gasteiger partial charge on any atom is 0.162 e. The summed E-state index contributed by atoms with van der Waals surface area (Å²) in [5, 5.41) is 0. The van der Waals surface area contributed by atoms with Crippen molar-refractivity contribution in [3.05, 3.63) is 59.7 Å². The van der Waals surface area contributed by atoms with Gasteiger partial charge in [-0.05, 0) is 30.3 Å². The zero-order chi connectivity index (χ0) is 13.8. The minimum absolute atomic E-state index is 0.0874. The minimum atomic E-state index is -0.859. The van der Waals surface area contributed by atoms with Crippen molar-refractivity contribution in [3.8, 4) is 0 Å². The number of Topliss-reactive ketones (excluding diaryl/α,β-unsaturated/α-hetero) is 1. The molecule has 0 heterocycles. The fourth-order valence-electron chi connectivity index (χ4n) is 1.59. The van der Waals surface area contributed by atoms with Gasteiger partial charge in [0, 0.05) is 21.8 Å². The topological polar surface area (TPSA) is 17.1 Å². The van der Waals surface area contributed by atoms with E-state index in [-0.39, 0.29) is 5.78 Å². The van der Waals surface area contributed by atoms with Crippen molar-refractivity contribution in [1.82, 2.24) is 0 Å². The molecule has 0 aromatic heterocycles. The molecule has 0 saturated heterocycles. The van der Waals surface area contributed by atoms with Crippen LogP contribution in [-0.2, 0) is 0 Å². The fourth-order valence-corrected chi connectivity index (χ4v) is 2.43. The summed E-state index contributed by atoms with van der Waals surface area (Å²) in [6, 6.07) is 10.9. The van der Waals surface area contributed by atoms with Crippen molar-refractivity contribution in [2.45, 2.75) is 23.1 Å². The molecule has 4 heteroatoms. The summed E-state index contributed by atoms with van der Waals surface area (Å²) >= 11 is 1.32. The molecule has 98 valence electrons. The lowest BCUT2D eigenvalue weighted by molar-refractivity contribution is 0.0988. The molecular weight excluding hydrogens is 266 g/mol. The van der Waals surface area contributed by atoms with Crippen LogP contribution in [0.4, 0.5) is 8.78 Å². The standard InChI is InChI=1S/C15H12F2OS/c1-2-15(18)10-3-5-11(6-4-10)19-12-7-8-13(16)14(17)9-12/h3-9H,2H2,1H3. The summed E-state index contributed by atoms with van der Waals surface area (Å²) in [5.74, 6) is -1.62. The zero-order valence-electron chi connectivity index (χ0n) is 10.3. The monoisotopic (exact) mass is 278 g/mol. The number of halogens is 2. The summed E-state index contributed by atoms with van der Waals surface area (Å²) < 4.78 is 25.9. The van der Waals surface area contributed by atoms with Gasteiger partial charge in [0.2, 0.25) is 0 Å². The Morgan fingerprint density at radius 3 is 2.21 bits per heavy atom. The van der Waals surface area contributed by atoms with Crippen molar-refractivity contribution in [3.63, 3.8) is 0 Å². The van der Waals surface area contributed by atoms with Crippen molar-refractivity contribution in [2.75, 3.05) is 0 Å². The molecule has 0 amide bonds. The Hall–Kier alpha value is -1.68. The largest absolute Gasteiger partial charge is 0.294 e. The maximum atomic E-state index is 13.1. The molecule has 0 aliphatic carbocycles. The number of hydrogen-bond donors (Lipinski definition) is 0. The van der Waals surface area contributed by atoms with Crippen LogP contribution in [0.2, 0.25) is 0 Å². The Morgan fingerprint density at radius 2 is 1.63 bits per heavy atom. The first-order valence-corrected chi connectivity index (χ1v) is 6.68. The van der Waals surface area contributed by atoms with Crippen LogP contribution in [-0.4, -0.2) is 5.78 Å². The van der Waals surface area contributed by atoms with Crippen LogP contribution in [0.1, 0.15) is 23.7 Å². The van der Waals surface area contributed by atoms with E-state index in [4.69, 9.17) is 0 Å². The van der Waals surface area contributed by atoms with Crippen molar-refractivity contribution < 1.29 is 13.6 Å². The van der Waals surface area contributed by atoms with Gasteiger partial charge in [-0.2, -0.15) is 0 Å². The summed E-state index contributed by atoms with van der Waals surface area (Å²) in [6.45, 7) is 1.81. The van der Waals surface area contributed by atoms with E-state index in [1.54, 1.807) is 24.3 Å². The molecule has 0 unspecified atom stereocenters. The lowest BCUT2D eigenvalue weighted by Gasteiger charge is -2.03. The van der Waals surface area contributed by atoms with Gasteiger partial charge in [-0.3, -0.25) is 4.79 Å². The van der Waals surface area contributed by atoms with Gasteiger partial charge < -0.3 is 0 Å². The average molecular weight is 278 g/mol. The highest BCUT2D eigenvalue weighted by molar-refractivity contribution is 7.99. The first-order chi connectivity index (χ1) is 9.10. The molecule has 2 aromatic rings. The first kappa shape index (κ1) is 13.7. The van der Waals surface area contributed by atoms with Crippen LogP contribution in [0, 0.1) is 11.6 Å². The normalized spacial score (nSPS) is 10.5. The summed E-state index contributed by atoms with van der Waals surface area (Å²) in [6.07, 6.45) is 0.468. The molecule has 0 aliphatic heterocycles. The highest BCUT2D eigenvalue weighted by Crippen LogP contribution is 2.28. The molecule has 0 spiro atoms. The van der Waals surface area contributed by atoms with Gasteiger partial charge in [0.1, 0.15) is 0 Å². The van der Waals surface area contributed by atoms with E-state index < -0.39 is 11.6 Å². The van der Waals surface area contributed by atoms with E-state index in [9.17, 15) is 13.6 Å². The van der Waals surface area contributed by atoms with Gasteiger partial charge >= 0.3 is 0 Å². The van der Waals surface area contributed by atoms with Crippen LogP contribution in [0.5, 0.6) is 0 Å². The number of rotatable bonds is 4. The van der Waals surface area contributed by atoms with Crippen LogP contribution < -0.4 is 0 Å². The molecule has 19 heavy (non-hydrogen) atoms. The second-order valence-corrected chi connectivity index (χ2v) is 5.13. The Morgan fingerprint density at radius 1 is 1.00 bits per heavy atom. The molecule has 0 bridgehead atoms. The SMILES string of the molecule is CCC(=O)c1ccc(Sc2ccc(F)c(F)c2)cc1. The second kappa shape index (κ2) is 5.97. The predicted molar refractivity (Wildman–Crippen MR) is 71.5 cm³/mol. The van der Waals surface area contributed by atoms with Gasteiger partial charge in [-0.25, -0.2) is 8.78 Å². The molecule has 0 atom stereocenters. The number of hydrogen-bond acceptors (Lipinski definition) is 2. The molecule has 0 saturated carbocycles. The van der Waals surface area contributed by atoms with Crippen molar-refractivity contribution >= 4 is 17.5 Å². The quantitative estimate of drug-likeness (QED) is 0.753. The van der Waals surface area contributed by atoms with Crippen LogP contribution in [0.15, 0.2) is 52.3 Å². The Bertz CT molecular complexity index is 594. The number of carbonyl (C=O) groups is 1. The molecule has 0 radical (unpaired) electrons. The smallest absolute Gasteiger partial charge is 0.162 e. The third-order valence-electron chi connectivity index (χ3n) is 2.62. The number of benzene rings is 2. The van der Waals surface area contributed by atoms with E-state index in [1.807, 2.05) is 6.92 Å². The molecule has 2 rings (SSSR count). The number of carbonyl (C=O) groups excluding carboxylic acids is 1. The fraction of sp³-hybridized carbons (Fsp3) is 0.133. The van der Waals surface area contributed by atoms with E-state index in [0.717, 1.165) is 17.0 Å². The molecule has 1 nitrogen and oxygen atoms in total. The average Bonchev–Trinajstić information content (AvgIpc) is 2.43. The lowest BCUT2D eigenvalue weighted by atomic mass is 10.1. The highest BCUT2D eigenvalue weighted by Gasteiger charge is 2.06. The van der Waals surface area contributed by atoms with Crippen LogP contribution in [0.25, 0.3) is 0 Å². The third kappa shape index (κ3) is 3.41. The molecule has 0 aliphatic rings. The van der Waals surface area contributed by atoms with Gasteiger partial charge in [-0.15, -0.1) is 0 Å². The summed E-state index contributed by atoms with van der Waals surface area (Å²) in [4.78, 5) is 13.0. The van der Waals surface area contributed by atoms with E-state index >= 15 is 0 Å². The summed E-state index contributed by atoms with van der Waals surface area (Å²) in [7, 11) is 0. The van der Waals surface area contributed by atoms with E-state index in [2.05, 4.69) is 0 Å². The van der Waals surface area contributed by atoms with Gasteiger partial charge in [0.05, 0.1) is 0 Å². The predicted octanol–water partition coefficient (Wildman–Crippen LogP) is 4.71. The Labute approximate surface area is 114 Å². The Kier molecular flexibility index (Phi) is 4.32. The van der Waals surface area contributed by atoms with E-state index in [1.165, 1.54) is 17.8 Å². The van der Waals surface area contributed by atoms with Crippen molar-refractivity contribution in [2.24, 2.45) is 0 Å². The van der Waals surface area contributed by atoms with Crippen molar-refractivity contribution in [1.29, 1.82) is 0 Å². The van der Waals surface area contributed by atoms with Gasteiger partial charge in [0.15, 0.2) is 17.4 Å². The number of ketones is 1. The molecular formula is C15H12F2OS. The van der Waals surface area contributed by atoms with Gasteiger partial charge in [0.25, 0.3) is 0 Å². The second-order valence-electron chi connectivity index (χ2n) is 3.98. The lowest BCUT2D eigenvalue weighted by Crippen LogP contribution is -1.95. The highest BCUT2D eigenvalue weighted by atomic mass is 32.2. The van der Waals surface area contributed by atoms with E-state index in [0.29, 0.717) is 16.9 Å².